The third-order valence-electron chi connectivity index (χ3n) is 1.88. The molecule has 0 saturated carbocycles. The molecular weight excluding hydrogens is 261 g/mol. The number of hydrogen-bond donors (Lipinski definition) is 1. The van der Waals surface area contributed by atoms with Crippen molar-refractivity contribution >= 4 is 29.4 Å². The Morgan fingerprint density at radius 2 is 2.33 bits per heavy atom. The Labute approximate surface area is 108 Å². The van der Waals surface area contributed by atoms with Gasteiger partial charge in [0.05, 0.1) is 0 Å². The predicted molar refractivity (Wildman–Crippen MR) is 67.5 cm³/mol. The molecular formula is C12H11ClFNO3. The first kappa shape index (κ1) is 14.2. The molecule has 4 nitrogen and oxygen atoms in total. The minimum atomic E-state index is -1.43. The molecule has 0 bridgehead atoms. The molecule has 1 N–H and O–H groups in total. The van der Waals surface area contributed by atoms with Crippen molar-refractivity contribution < 1.29 is 19.1 Å². The zero-order chi connectivity index (χ0) is 13.4. The SMILES string of the molecule is O=C(O)/C(CF)=N\OC/C=C/c1cccc(Cl)c1. The molecule has 0 radical (unpaired) electrons. The quantitative estimate of drug-likeness (QED) is 0.492. The molecule has 0 aliphatic heterocycles. The van der Waals surface area contributed by atoms with E-state index in [0.717, 1.165) is 5.56 Å². The van der Waals surface area contributed by atoms with Crippen LogP contribution in [0.2, 0.25) is 5.02 Å². The summed E-state index contributed by atoms with van der Waals surface area (Å²) in [5.74, 6) is -1.43. The van der Waals surface area contributed by atoms with E-state index in [9.17, 15) is 9.18 Å². The van der Waals surface area contributed by atoms with Crippen LogP contribution in [0, 0.1) is 0 Å². The number of alkyl halides is 1. The normalized spacial score (nSPS) is 11.8. The largest absolute Gasteiger partial charge is 0.477 e. The van der Waals surface area contributed by atoms with Gasteiger partial charge in [0.25, 0.3) is 0 Å². The molecule has 0 aromatic heterocycles. The molecule has 6 heteroatoms. The molecule has 18 heavy (non-hydrogen) atoms. The zero-order valence-electron chi connectivity index (χ0n) is 9.35. The molecule has 0 spiro atoms. The number of hydrogen-bond acceptors (Lipinski definition) is 3. The summed E-state index contributed by atoms with van der Waals surface area (Å²) in [6.07, 6.45) is 3.35. The van der Waals surface area contributed by atoms with Gasteiger partial charge in [-0.25, -0.2) is 9.18 Å². The van der Waals surface area contributed by atoms with Crippen molar-refractivity contribution in [1.82, 2.24) is 0 Å². The first-order chi connectivity index (χ1) is 8.63. The van der Waals surface area contributed by atoms with Crippen molar-refractivity contribution in [3.63, 3.8) is 0 Å². The van der Waals surface area contributed by atoms with E-state index in [1.165, 1.54) is 0 Å². The van der Waals surface area contributed by atoms with Crippen molar-refractivity contribution in [2.24, 2.45) is 5.16 Å². The van der Waals surface area contributed by atoms with Crippen LogP contribution in [0.15, 0.2) is 35.5 Å². The van der Waals surface area contributed by atoms with Gasteiger partial charge >= 0.3 is 5.97 Å². The average Bonchev–Trinajstić information content (AvgIpc) is 2.33. The van der Waals surface area contributed by atoms with E-state index >= 15 is 0 Å². The molecule has 0 unspecified atom stereocenters. The van der Waals surface area contributed by atoms with Crippen molar-refractivity contribution in [1.29, 1.82) is 0 Å². The third kappa shape index (κ3) is 4.97. The van der Waals surface area contributed by atoms with Crippen LogP contribution in [0.5, 0.6) is 0 Å². The van der Waals surface area contributed by atoms with Crippen molar-refractivity contribution in [3.8, 4) is 0 Å². The van der Waals surface area contributed by atoms with E-state index in [2.05, 4.69) is 9.99 Å². The maximum atomic E-state index is 12.1. The minimum Gasteiger partial charge on any atom is -0.477 e. The first-order valence-corrected chi connectivity index (χ1v) is 5.41. The van der Waals surface area contributed by atoms with Crippen LogP contribution in [0.3, 0.4) is 0 Å². The fourth-order valence-corrected chi connectivity index (χ4v) is 1.27. The molecule has 0 aliphatic carbocycles. The summed E-state index contributed by atoms with van der Waals surface area (Å²) in [6, 6.07) is 7.15. The highest BCUT2D eigenvalue weighted by molar-refractivity contribution is 6.36. The molecule has 0 atom stereocenters. The molecule has 0 amide bonds. The first-order valence-electron chi connectivity index (χ1n) is 5.03. The Balaban J connectivity index is 2.44. The highest BCUT2D eigenvalue weighted by atomic mass is 35.5. The van der Waals surface area contributed by atoms with Gasteiger partial charge in [0.1, 0.15) is 13.3 Å². The predicted octanol–water partition coefficient (Wildman–Crippen LogP) is 2.78. The van der Waals surface area contributed by atoms with Crippen LogP contribution in [0.25, 0.3) is 6.08 Å². The number of nitrogens with zero attached hydrogens (tertiary/aromatic N) is 1. The van der Waals surface area contributed by atoms with Gasteiger partial charge in [-0.05, 0) is 23.8 Å². The van der Waals surface area contributed by atoms with Crippen LogP contribution in [0.1, 0.15) is 5.56 Å². The standard InChI is InChI=1S/C12H11ClFNO3/c13-10-5-1-3-9(7-10)4-2-6-18-15-11(8-14)12(16)17/h1-5,7H,6,8H2,(H,16,17)/b4-2+,15-11-. The van der Waals surface area contributed by atoms with E-state index in [-0.39, 0.29) is 6.61 Å². The van der Waals surface area contributed by atoms with Crippen molar-refractivity contribution in [2.75, 3.05) is 13.3 Å². The molecule has 1 aromatic rings. The Kier molecular flexibility index (Phi) is 5.87. The summed E-state index contributed by atoms with van der Waals surface area (Å²) in [6.45, 7) is -1.13. The average molecular weight is 272 g/mol. The fraction of sp³-hybridized carbons (Fsp3) is 0.167. The van der Waals surface area contributed by atoms with Crippen LogP contribution in [0.4, 0.5) is 4.39 Å². The molecule has 0 heterocycles. The van der Waals surface area contributed by atoms with Gasteiger partial charge in [-0.15, -0.1) is 0 Å². The Bertz CT molecular complexity index is 474. The number of oxime groups is 1. The second-order valence-corrected chi connectivity index (χ2v) is 3.67. The van der Waals surface area contributed by atoms with Gasteiger partial charge in [0, 0.05) is 5.02 Å². The lowest BCUT2D eigenvalue weighted by Crippen LogP contribution is -2.15. The minimum absolute atomic E-state index is 0.0449. The Morgan fingerprint density at radius 1 is 1.56 bits per heavy atom. The fourth-order valence-electron chi connectivity index (χ4n) is 1.07. The molecule has 0 aliphatic rings. The monoisotopic (exact) mass is 271 g/mol. The van der Waals surface area contributed by atoms with Crippen LogP contribution >= 0.6 is 11.6 Å². The Hall–Kier alpha value is -1.88. The van der Waals surface area contributed by atoms with Crippen molar-refractivity contribution in [2.45, 2.75) is 0 Å². The van der Waals surface area contributed by atoms with E-state index < -0.39 is 18.4 Å². The Morgan fingerprint density at radius 3 is 2.94 bits per heavy atom. The maximum Gasteiger partial charge on any atom is 0.356 e. The summed E-state index contributed by atoms with van der Waals surface area (Å²) < 4.78 is 12.1. The second-order valence-electron chi connectivity index (χ2n) is 3.23. The number of benzene rings is 1. The van der Waals surface area contributed by atoms with Gasteiger partial charge < -0.3 is 9.94 Å². The van der Waals surface area contributed by atoms with Gasteiger partial charge in [-0.1, -0.05) is 35.0 Å². The number of rotatable bonds is 6. The smallest absolute Gasteiger partial charge is 0.356 e. The lowest BCUT2D eigenvalue weighted by Gasteiger charge is -1.97. The van der Waals surface area contributed by atoms with Crippen LogP contribution in [-0.2, 0) is 9.63 Å². The molecule has 1 aromatic carbocycles. The zero-order valence-corrected chi connectivity index (χ0v) is 10.1. The van der Waals surface area contributed by atoms with Gasteiger partial charge in [-0.3, -0.25) is 0 Å². The number of carbonyl (C=O) groups is 1. The third-order valence-corrected chi connectivity index (χ3v) is 2.11. The van der Waals surface area contributed by atoms with Crippen LogP contribution < -0.4 is 0 Å². The molecule has 0 fully saturated rings. The number of carboxylic acid groups (broad SMARTS) is 1. The van der Waals surface area contributed by atoms with Gasteiger partial charge in [0.2, 0.25) is 0 Å². The van der Waals surface area contributed by atoms with E-state index in [1.807, 2.05) is 6.07 Å². The topological polar surface area (TPSA) is 58.9 Å². The lowest BCUT2D eigenvalue weighted by atomic mass is 10.2. The summed E-state index contributed by atoms with van der Waals surface area (Å²) in [5.41, 5.74) is 0.213. The summed E-state index contributed by atoms with van der Waals surface area (Å²) in [4.78, 5) is 15.0. The summed E-state index contributed by atoms with van der Waals surface area (Å²) in [5, 5.41) is 12.2. The molecule has 96 valence electrons. The van der Waals surface area contributed by atoms with E-state index in [0.29, 0.717) is 5.02 Å². The second kappa shape index (κ2) is 7.45. The number of carboxylic acids is 1. The van der Waals surface area contributed by atoms with Crippen molar-refractivity contribution in [3.05, 3.63) is 40.9 Å². The van der Waals surface area contributed by atoms with E-state index in [1.54, 1.807) is 30.4 Å². The summed E-state index contributed by atoms with van der Waals surface area (Å²) in [7, 11) is 0. The van der Waals surface area contributed by atoms with Crippen LogP contribution in [-0.4, -0.2) is 30.1 Å². The molecule has 1 rings (SSSR count). The number of halogens is 2. The highest BCUT2D eigenvalue weighted by Crippen LogP contribution is 2.11. The number of aliphatic carboxylic acids is 1. The summed E-state index contributed by atoms with van der Waals surface area (Å²) >= 11 is 5.79. The van der Waals surface area contributed by atoms with Gasteiger partial charge in [0.15, 0.2) is 5.71 Å². The van der Waals surface area contributed by atoms with Gasteiger partial charge in [-0.2, -0.15) is 0 Å². The maximum absolute atomic E-state index is 12.1. The van der Waals surface area contributed by atoms with E-state index in [4.69, 9.17) is 16.7 Å². The lowest BCUT2D eigenvalue weighted by molar-refractivity contribution is -0.129. The highest BCUT2D eigenvalue weighted by Gasteiger charge is 2.08. The molecule has 0 saturated heterocycles.